The summed E-state index contributed by atoms with van der Waals surface area (Å²) in [5, 5.41) is 9.80. The van der Waals surface area contributed by atoms with Crippen LogP contribution in [0.5, 0.6) is 23.0 Å². The normalized spacial score (nSPS) is 17.4. The first-order chi connectivity index (χ1) is 16.4. The van der Waals surface area contributed by atoms with Crippen LogP contribution in [-0.4, -0.2) is 17.3 Å². The van der Waals surface area contributed by atoms with Crippen molar-refractivity contribution in [3.05, 3.63) is 83.2 Å². The van der Waals surface area contributed by atoms with Crippen molar-refractivity contribution >= 4 is 0 Å². The molecule has 0 bridgehead atoms. The third-order valence-electron chi connectivity index (χ3n) is 6.48. The van der Waals surface area contributed by atoms with E-state index in [-0.39, 0.29) is 11.9 Å². The molecule has 0 aromatic heterocycles. The molecule has 1 unspecified atom stereocenters. The summed E-state index contributed by atoms with van der Waals surface area (Å²) in [4.78, 5) is 0. The van der Waals surface area contributed by atoms with E-state index in [2.05, 4.69) is 12.1 Å². The number of fused-ring (bicyclic) bond motifs is 1. The average Bonchev–Trinajstić information content (AvgIpc) is 3.57. The lowest BCUT2D eigenvalue weighted by Crippen LogP contribution is -2.21. The second kappa shape index (κ2) is 9.30. The Bertz CT molecular complexity index is 1130. The number of benzene rings is 3. The van der Waals surface area contributed by atoms with Crippen LogP contribution in [0.2, 0.25) is 0 Å². The molecule has 0 amide bonds. The molecule has 1 saturated carbocycles. The number of halogens is 1. The molecule has 3 aromatic rings. The molecule has 3 aromatic carbocycles. The van der Waals surface area contributed by atoms with Crippen LogP contribution >= 0.6 is 0 Å². The van der Waals surface area contributed by atoms with Crippen LogP contribution in [0, 0.1) is 5.82 Å². The molecule has 4 nitrogen and oxygen atoms in total. The average molecular weight is 463 g/mol. The lowest BCUT2D eigenvalue weighted by Gasteiger charge is -2.17. The van der Waals surface area contributed by atoms with Gasteiger partial charge in [0.05, 0.1) is 12.2 Å². The molecule has 2 aliphatic carbocycles. The quantitative estimate of drug-likeness (QED) is 0.368. The zero-order valence-electron chi connectivity index (χ0n) is 19.7. The second-order valence-corrected chi connectivity index (χ2v) is 9.91. The predicted molar refractivity (Wildman–Crippen MR) is 129 cm³/mol. The lowest BCUT2D eigenvalue weighted by molar-refractivity contribution is 0.0553. The van der Waals surface area contributed by atoms with Crippen molar-refractivity contribution in [2.75, 3.05) is 6.61 Å². The van der Waals surface area contributed by atoms with Crippen LogP contribution in [0.3, 0.4) is 0 Å². The Morgan fingerprint density at radius 1 is 0.882 bits per heavy atom. The summed E-state index contributed by atoms with van der Waals surface area (Å²) in [5.41, 5.74) is 2.06. The first-order valence-corrected chi connectivity index (χ1v) is 12.1. The highest BCUT2D eigenvalue weighted by molar-refractivity contribution is 5.48. The van der Waals surface area contributed by atoms with E-state index >= 15 is 0 Å². The fraction of sp³-hybridized carbons (Fsp3) is 0.379. The molecule has 0 spiro atoms. The first-order valence-electron chi connectivity index (χ1n) is 12.1. The fourth-order valence-corrected chi connectivity index (χ4v) is 4.40. The predicted octanol–water partition coefficient (Wildman–Crippen LogP) is 7.10. The minimum Gasteiger partial charge on any atom is -0.493 e. The highest BCUT2D eigenvalue weighted by atomic mass is 19.1. The largest absolute Gasteiger partial charge is 0.493 e. The summed E-state index contributed by atoms with van der Waals surface area (Å²) in [7, 11) is 0. The summed E-state index contributed by atoms with van der Waals surface area (Å²) >= 11 is 0. The number of ether oxygens (including phenoxy) is 3. The van der Waals surface area contributed by atoms with Gasteiger partial charge in [-0.2, -0.15) is 0 Å². The molecule has 0 saturated heterocycles. The summed E-state index contributed by atoms with van der Waals surface area (Å²) in [5.74, 6) is 3.24. The molecular formula is C29H31FO4. The van der Waals surface area contributed by atoms with Gasteiger partial charge in [-0.1, -0.05) is 12.1 Å². The van der Waals surface area contributed by atoms with Crippen LogP contribution in [-0.2, 0) is 6.42 Å². The van der Waals surface area contributed by atoms with E-state index in [0.717, 1.165) is 11.3 Å². The van der Waals surface area contributed by atoms with E-state index in [1.165, 1.54) is 24.5 Å². The van der Waals surface area contributed by atoms with Gasteiger partial charge in [-0.15, -0.1) is 0 Å². The second-order valence-electron chi connectivity index (χ2n) is 9.91. The van der Waals surface area contributed by atoms with Gasteiger partial charge < -0.3 is 19.3 Å². The highest BCUT2D eigenvalue weighted by Gasteiger charge is 2.31. The third kappa shape index (κ3) is 5.36. The van der Waals surface area contributed by atoms with Crippen molar-refractivity contribution in [3.63, 3.8) is 0 Å². The number of rotatable bonds is 9. The summed E-state index contributed by atoms with van der Waals surface area (Å²) < 4.78 is 32.8. The van der Waals surface area contributed by atoms with Gasteiger partial charge in [-0.25, -0.2) is 4.39 Å². The number of aliphatic hydroxyl groups is 1. The monoisotopic (exact) mass is 462 g/mol. The van der Waals surface area contributed by atoms with E-state index in [9.17, 15) is 9.50 Å². The van der Waals surface area contributed by atoms with Crippen molar-refractivity contribution in [3.8, 4) is 23.0 Å². The van der Waals surface area contributed by atoms with Gasteiger partial charge in [0.25, 0.3) is 0 Å². The van der Waals surface area contributed by atoms with Gasteiger partial charge in [0, 0.05) is 17.5 Å². The van der Waals surface area contributed by atoms with Crippen molar-refractivity contribution in [2.24, 2.45) is 0 Å². The maximum atomic E-state index is 14.8. The first kappa shape index (κ1) is 22.7. The molecule has 34 heavy (non-hydrogen) atoms. The molecule has 0 radical (unpaired) electrons. The van der Waals surface area contributed by atoms with Crippen molar-refractivity contribution < 1.29 is 23.7 Å². The smallest absolute Gasteiger partial charge is 0.131 e. The molecule has 2 aliphatic rings. The third-order valence-corrected chi connectivity index (χ3v) is 6.48. The van der Waals surface area contributed by atoms with E-state index in [1.54, 1.807) is 19.9 Å². The molecule has 178 valence electrons. The van der Waals surface area contributed by atoms with Gasteiger partial charge in [0.1, 0.15) is 34.9 Å². The van der Waals surface area contributed by atoms with Gasteiger partial charge in [0.15, 0.2) is 0 Å². The van der Waals surface area contributed by atoms with Crippen molar-refractivity contribution in [1.29, 1.82) is 0 Å². The Morgan fingerprint density at radius 3 is 2.24 bits per heavy atom. The Morgan fingerprint density at radius 2 is 1.56 bits per heavy atom. The Kier molecular flexibility index (Phi) is 6.22. The summed E-state index contributed by atoms with van der Waals surface area (Å²) in [6.45, 7) is 3.95. The maximum Gasteiger partial charge on any atom is 0.131 e. The molecular weight excluding hydrogens is 431 g/mol. The SMILES string of the molecule is CC(C)(O)CCOc1ccc(Oc2ccc(F)c3c2CCC3Oc2ccc(C3CC3)cc2)cc1. The van der Waals surface area contributed by atoms with E-state index in [4.69, 9.17) is 14.2 Å². The number of hydrogen-bond acceptors (Lipinski definition) is 4. The highest BCUT2D eigenvalue weighted by Crippen LogP contribution is 2.44. The van der Waals surface area contributed by atoms with Gasteiger partial charge in [-0.05, 0) is 99.5 Å². The van der Waals surface area contributed by atoms with Crippen molar-refractivity contribution in [2.45, 2.75) is 63.6 Å². The molecule has 5 heteroatoms. The fourth-order valence-electron chi connectivity index (χ4n) is 4.40. The minimum absolute atomic E-state index is 0.255. The van der Waals surface area contributed by atoms with Gasteiger partial charge >= 0.3 is 0 Å². The van der Waals surface area contributed by atoms with Crippen molar-refractivity contribution in [1.82, 2.24) is 0 Å². The topological polar surface area (TPSA) is 47.9 Å². The van der Waals surface area contributed by atoms with Crippen LogP contribution in [0.4, 0.5) is 4.39 Å². The molecule has 0 heterocycles. The summed E-state index contributed by atoms with van der Waals surface area (Å²) in [6, 6.07) is 18.7. The van der Waals surface area contributed by atoms with Crippen LogP contribution < -0.4 is 14.2 Å². The summed E-state index contributed by atoms with van der Waals surface area (Å²) in [6.07, 6.45) is 4.17. The van der Waals surface area contributed by atoms with Gasteiger partial charge in [0.2, 0.25) is 0 Å². The maximum absolute atomic E-state index is 14.8. The zero-order valence-corrected chi connectivity index (χ0v) is 19.7. The molecule has 0 aliphatic heterocycles. The van der Waals surface area contributed by atoms with Crippen LogP contribution in [0.1, 0.15) is 68.2 Å². The molecule has 1 N–H and O–H groups in total. The number of hydrogen-bond donors (Lipinski definition) is 1. The minimum atomic E-state index is -0.756. The van der Waals surface area contributed by atoms with E-state index in [0.29, 0.717) is 54.6 Å². The Labute approximate surface area is 200 Å². The Hall–Kier alpha value is -3.05. The Balaban J connectivity index is 1.26. The molecule has 5 rings (SSSR count). The van der Waals surface area contributed by atoms with Crippen LogP contribution in [0.25, 0.3) is 0 Å². The zero-order chi connectivity index (χ0) is 23.7. The van der Waals surface area contributed by atoms with E-state index in [1.807, 2.05) is 36.4 Å². The van der Waals surface area contributed by atoms with E-state index < -0.39 is 5.60 Å². The molecule has 1 atom stereocenters. The standard InChI is InChI=1S/C29H31FO4/c1-29(2,31)17-18-32-21-9-11-23(12-10-21)33-26-16-14-25(30)28-24(26)13-15-27(28)34-22-7-5-20(6-8-22)19-3-4-19/h5-12,14,16,19,27,31H,3-4,13,15,17-18H2,1-2H3. The lowest BCUT2D eigenvalue weighted by atomic mass is 10.1. The van der Waals surface area contributed by atoms with Crippen LogP contribution in [0.15, 0.2) is 60.7 Å². The van der Waals surface area contributed by atoms with Gasteiger partial charge in [-0.3, -0.25) is 0 Å². The molecule has 1 fully saturated rings.